The summed E-state index contributed by atoms with van der Waals surface area (Å²) in [4.78, 5) is 1.40. The van der Waals surface area contributed by atoms with Gasteiger partial charge in [0.2, 0.25) is 0 Å². The van der Waals surface area contributed by atoms with Gasteiger partial charge in [0.05, 0.1) is 0 Å². The van der Waals surface area contributed by atoms with Crippen molar-refractivity contribution in [1.29, 1.82) is 0 Å². The predicted octanol–water partition coefficient (Wildman–Crippen LogP) is 4.17. The maximum absolute atomic E-state index is 3.56. The highest BCUT2D eigenvalue weighted by atomic mass is 32.2. The first kappa shape index (κ1) is 14.6. The average Bonchev–Trinajstić information content (AvgIpc) is 2.31. The largest absolute Gasteiger partial charge is 0.313 e. The second-order valence-electron chi connectivity index (χ2n) is 4.60. The Bertz CT molecular complexity index is 330. The third kappa shape index (κ3) is 5.13. The third-order valence-electron chi connectivity index (χ3n) is 3.06. The van der Waals surface area contributed by atoms with Crippen molar-refractivity contribution >= 4 is 11.8 Å². The molecule has 0 spiro atoms. The Morgan fingerprint density at radius 3 is 2.53 bits per heavy atom. The molecule has 0 aromatic heterocycles. The van der Waals surface area contributed by atoms with Crippen molar-refractivity contribution < 1.29 is 0 Å². The molecule has 0 bridgehead atoms. The Labute approximate surface area is 110 Å². The summed E-state index contributed by atoms with van der Waals surface area (Å²) < 4.78 is 0. The second kappa shape index (κ2) is 7.78. The van der Waals surface area contributed by atoms with Gasteiger partial charge in [-0.25, -0.2) is 0 Å². The van der Waals surface area contributed by atoms with Crippen molar-refractivity contribution in [2.45, 2.75) is 51.5 Å². The highest BCUT2D eigenvalue weighted by Crippen LogP contribution is 2.22. The van der Waals surface area contributed by atoms with Gasteiger partial charge in [-0.05, 0) is 50.1 Å². The van der Waals surface area contributed by atoms with Crippen LogP contribution in [-0.4, -0.2) is 18.3 Å². The Morgan fingerprint density at radius 2 is 1.94 bits per heavy atom. The summed E-state index contributed by atoms with van der Waals surface area (Å²) in [5.74, 6) is 1.17. The van der Waals surface area contributed by atoms with Crippen LogP contribution in [0.2, 0.25) is 0 Å². The van der Waals surface area contributed by atoms with E-state index in [1.165, 1.54) is 34.6 Å². The van der Waals surface area contributed by atoms with Crippen LogP contribution in [0.1, 0.15) is 37.8 Å². The lowest BCUT2D eigenvalue weighted by Gasteiger charge is -2.16. The lowest BCUT2D eigenvalue weighted by molar-refractivity contribution is 0.531. The molecule has 0 aliphatic carbocycles. The van der Waals surface area contributed by atoms with Crippen LogP contribution in [0.5, 0.6) is 0 Å². The smallest absolute Gasteiger partial charge is 0.0161 e. The van der Waals surface area contributed by atoms with E-state index in [9.17, 15) is 0 Å². The van der Waals surface area contributed by atoms with E-state index in [1.54, 1.807) is 0 Å². The van der Waals surface area contributed by atoms with Gasteiger partial charge in [-0.1, -0.05) is 26.3 Å². The summed E-state index contributed by atoms with van der Waals surface area (Å²) in [5, 5.41) is 3.56. The number of nitrogens with one attached hydrogen (secondary N) is 1. The van der Waals surface area contributed by atoms with Crippen LogP contribution in [0.25, 0.3) is 0 Å². The predicted molar refractivity (Wildman–Crippen MR) is 79.0 cm³/mol. The number of hydrogen-bond acceptors (Lipinski definition) is 2. The first-order valence-electron chi connectivity index (χ1n) is 6.60. The molecule has 1 nitrogen and oxygen atoms in total. The molecule has 0 saturated heterocycles. The van der Waals surface area contributed by atoms with Crippen molar-refractivity contribution in [2.24, 2.45) is 0 Å². The topological polar surface area (TPSA) is 12.0 Å². The van der Waals surface area contributed by atoms with Gasteiger partial charge in [0, 0.05) is 16.7 Å². The summed E-state index contributed by atoms with van der Waals surface area (Å²) in [7, 11) is 0. The van der Waals surface area contributed by atoms with E-state index in [0.717, 1.165) is 6.54 Å². The molecular formula is C15H25NS. The van der Waals surface area contributed by atoms with Gasteiger partial charge in [0.25, 0.3) is 0 Å². The van der Waals surface area contributed by atoms with Crippen molar-refractivity contribution in [3.8, 4) is 0 Å². The molecule has 2 heteroatoms. The van der Waals surface area contributed by atoms with Gasteiger partial charge >= 0.3 is 0 Å². The van der Waals surface area contributed by atoms with Gasteiger partial charge in [0.1, 0.15) is 0 Å². The zero-order valence-electron chi connectivity index (χ0n) is 11.5. The van der Waals surface area contributed by atoms with E-state index in [-0.39, 0.29) is 0 Å². The molecule has 1 rings (SSSR count). The fourth-order valence-electron chi connectivity index (χ4n) is 1.88. The van der Waals surface area contributed by atoms with E-state index in [4.69, 9.17) is 0 Å². The van der Waals surface area contributed by atoms with Crippen LogP contribution in [0.4, 0.5) is 0 Å². The fraction of sp³-hybridized carbons (Fsp3) is 0.600. The normalized spacial score (nSPS) is 12.7. The minimum atomic E-state index is 0.650. The fourth-order valence-corrected chi connectivity index (χ4v) is 2.98. The van der Waals surface area contributed by atoms with Crippen molar-refractivity contribution in [1.82, 2.24) is 5.32 Å². The van der Waals surface area contributed by atoms with E-state index >= 15 is 0 Å². The van der Waals surface area contributed by atoms with E-state index in [0.29, 0.717) is 6.04 Å². The molecule has 1 N–H and O–H groups in total. The van der Waals surface area contributed by atoms with Gasteiger partial charge in [-0.2, -0.15) is 0 Å². The monoisotopic (exact) mass is 251 g/mol. The molecule has 1 unspecified atom stereocenters. The minimum absolute atomic E-state index is 0.650. The number of aryl methyl sites for hydroxylation is 2. The summed E-state index contributed by atoms with van der Waals surface area (Å²) in [6.45, 7) is 9.86. The number of thioether (sulfide) groups is 1. The molecule has 0 amide bonds. The first-order chi connectivity index (χ1) is 8.17. The van der Waals surface area contributed by atoms with Gasteiger partial charge in [-0.15, -0.1) is 11.8 Å². The van der Waals surface area contributed by atoms with Gasteiger partial charge in [-0.3, -0.25) is 0 Å². The molecule has 0 fully saturated rings. The quantitative estimate of drug-likeness (QED) is 0.730. The van der Waals surface area contributed by atoms with Crippen molar-refractivity contribution in [3.05, 3.63) is 29.3 Å². The lowest BCUT2D eigenvalue weighted by Crippen LogP contribution is -2.30. The van der Waals surface area contributed by atoms with Crippen molar-refractivity contribution in [3.63, 3.8) is 0 Å². The Hall–Kier alpha value is -0.470. The second-order valence-corrected chi connectivity index (χ2v) is 5.69. The highest BCUT2D eigenvalue weighted by Gasteiger charge is 2.06. The molecule has 1 atom stereocenters. The summed E-state index contributed by atoms with van der Waals surface area (Å²) in [6.07, 6.45) is 2.52. The molecule has 96 valence electrons. The third-order valence-corrected chi connectivity index (χ3v) is 4.22. The Kier molecular flexibility index (Phi) is 6.68. The number of benzene rings is 1. The van der Waals surface area contributed by atoms with Gasteiger partial charge in [0.15, 0.2) is 0 Å². The molecule has 0 aliphatic heterocycles. The van der Waals surface area contributed by atoms with Crippen LogP contribution in [-0.2, 0) is 0 Å². The summed E-state index contributed by atoms with van der Waals surface area (Å²) in [5.41, 5.74) is 2.77. The standard InChI is InChI=1S/C15H25NS/c1-5-7-14(16-6-2)11-17-15-9-8-12(3)13(4)10-15/h8-10,14,16H,5-7,11H2,1-4H3. The Morgan fingerprint density at radius 1 is 1.18 bits per heavy atom. The number of rotatable bonds is 7. The SMILES string of the molecule is CCCC(CSc1ccc(C)c(C)c1)NCC. The lowest BCUT2D eigenvalue weighted by atomic mass is 10.1. The highest BCUT2D eigenvalue weighted by molar-refractivity contribution is 7.99. The molecule has 0 heterocycles. The minimum Gasteiger partial charge on any atom is -0.313 e. The maximum atomic E-state index is 3.56. The summed E-state index contributed by atoms with van der Waals surface area (Å²) in [6, 6.07) is 7.41. The van der Waals surface area contributed by atoms with E-state index < -0.39 is 0 Å². The molecular weight excluding hydrogens is 226 g/mol. The Balaban J connectivity index is 2.49. The zero-order valence-corrected chi connectivity index (χ0v) is 12.4. The first-order valence-corrected chi connectivity index (χ1v) is 7.59. The van der Waals surface area contributed by atoms with Crippen LogP contribution in [0.15, 0.2) is 23.1 Å². The van der Waals surface area contributed by atoms with Crippen LogP contribution < -0.4 is 5.32 Å². The summed E-state index contributed by atoms with van der Waals surface area (Å²) >= 11 is 1.97. The van der Waals surface area contributed by atoms with E-state index in [1.807, 2.05) is 11.8 Å². The molecule has 0 saturated carbocycles. The molecule has 1 aromatic carbocycles. The van der Waals surface area contributed by atoms with Crippen LogP contribution >= 0.6 is 11.8 Å². The zero-order chi connectivity index (χ0) is 12.7. The average molecular weight is 251 g/mol. The van der Waals surface area contributed by atoms with Crippen LogP contribution in [0.3, 0.4) is 0 Å². The maximum Gasteiger partial charge on any atom is 0.0161 e. The van der Waals surface area contributed by atoms with E-state index in [2.05, 4.69) is 51.2 Å². The van der Waals surface area contributed by atoms with Crippen LogP contribution in [0, 0.1) is 13.8 Å². The molecule has 1 aromatic rings. The number of hydrogen-bond donors (Lipinski definition) is 1. The van der Waals surface area contributed by atoms with Crippen molar-refractivity contribution in [2.75, 3.05) is 12.3 Å². The molecule has 0 aliphatic rings. The molecule has 0 radical (unpaired) electrons. The van der Waals surface area contributed by atoms with Gasteiger partial charge < -0.3 is 5.32 Å². The molecule has 17 heavy (non-hydrogen) atoms.